The number of thiocarbonyl (C=S) groups is 1. The fourth-order valence-electron chi connectivity index (χ4n) is 2.35. The molecule has 1 aliphatic heterocycles. The number of ether oxygens (including phenoxy) is 2. The zero-order chi connectivity index (χ0) is 19.4. The van der Waals surface area contributed by atoms with Gasteiger partial charge in [0, 0.05) is 8.95 Å². The van der Waals surface area contributed by atoms with Crippen molar-refractivity contribution in [3.63, 3.8) is 0 Å². The molecule has 0 atom stereocenters. The zero-order valence-electron chi connectivity index (χ0n) is 14.3. The molecule has 1 heterocycles. The van der Waals surface area contributed by atoms with E-state index in [0.717, 1.165) is 20.1 Å². The molecular weight excluding hydrogens is 514 g/mol. The third-order valence-corrected chi connectivity index (χ3v) is 5.98. The van der Waals surface area contributed by atoms with Gasteiger partial charge in [0.25, 0.3) is 5.91 Å². The first-order valence-electron chi connectivity index (χ1n) is 8.04. The van der Waals surface area contributed by atoms with E-state index in [1.165, 1.54) is 11.8 Å². The molecule has 1 N–H and O–H groups in total. The lowest BCUT2D eigenvalue weighted by Crippen LogP contribution is -2.17. The zero-order valence-corrected chi connectivity index (χ0v) is 19.1. The molecule has 0 saturated carbocycles. The SMILES string of the molecule is CCOc1cc(/C=C2/SC(=S)NC2=O)c(Br)cc1OCc1ccc(Br)cc1. The van der Waals surface area contributed by atoms with Crippen LogP contribution < -0.4 is 14.8 Å². The summed E-state index contributed by atoms with van der Waals surface area (Å²) in [5.74, 6) is 1.06. The summed E-state index contributed by atoms with van der Waals surface area (Å²) >= 11 is 13.2. The second-order valence-corrected chi connectivity index (χ2v) is 9.01. The lowest BCUT2D eigenvalue weighted by Gasteiger charge is -2.14. The fraction of sp³-hybridized carbons (Fsp3) is 0.158. The molecule has 1 aliphatic rings. The van der Waals surface area contributed by atoms with Crippen molar-refractivity contribution >= 4 is 72.1 Å². The number of thioether (sulfide) groups is 1. The van der Waals surface area contributed by atoms with Crippen LogP contribution in [0.5, 0.6) is 11.5 Å². The molecule has 0 aliphatic carbocycles. The first-order chi connectivity index (χ1) is 13.0. The molecule has 140 valence electrons. The Morgan fingerprint density at radius 3 is 2.48 bits per heavy atom. The first kappa shape index (κ1) is 20.4. The normalized spacial score (nSPS) is 15.1. The molecule has 0 spiro atoms. The Balaban J connectivity index is 1.85. The van der Waals surface area contributed by atoms with Crippen LogP contribution in [-0.2, 0) is 11.4 Å². The second kappa shape index (κ2) is 9.23. The van der Waals surface area contributed by atoms with Crippen LogP contribution in [0.15, 0.2) is 50.2 Å². The Bertz CT molecular complexity index is 914. The van der Waals surface area contributed by atoms with E-state index in [9.17, 15) is 4.79 Å². The number of amides is 1. The second-order valence-electron chi connectivity index (χ2n) is 5.52. The van der Waals surface area contributed by atoms with Crippen LogP contribution in [0, 0.1) is 0 Å². The molecule has 27 heavy (non-hydrogen) atoms. The molecule has 1 fully saturated rings. The van der Waals surface area contributed by atoms with E-state index in [-0.39, 0.29) is 5.91 Å². The van der Waals surface area contributed by atoms with Gasteiger partial charge in [-0.25, -0.2) is 0 Å². The highest BCUT2D eigenvalue weighted by Crippen LogP contribution is 2.37. The molecule has 2 aromatic carbocycles. The van der Waals surface area contributed by atoms with E-state index in [0.29, 0.717) is 33.9 Å². The Hall–Kier alpha value is -1.35. The molecule has 3 rings (SSSR count). The number of benzene rings is 2. The summed E-state index contributed by atoms with van der Waals surface area (Å²) in [5, 5.41) is 2.61. The molecular formula is C19H15Br2NO3S2. The van der Waals surface area contributed by atoms with E-state index in [1.54, 1.807) is 6.08 Å². The summed E-state index contributed by atoms with van der Waals surface area (Å²) < 4.78 is 14.0. The quantitative estimate of drug-likeness (QED) is 0.386. The predicted molar refractivity (Wildman–Crippen MR) is 120 cm³/mol. The molecule has 0 bridgehead atoms. The van der Waals surface area contributed by atoms with Crippen LogP contribution >= 0.6 is 55.8 Å². The van der Waals surface area contributed by atoms with Gasteiger partial charge in [0.1, 0.15) is 10.9 Å². The van der Waals surface area contributed by atoms with E-state index < -0.39 is 0 Å². The maximum Gasteiger partial charge on any atom is 0.263 e. The average molecular weight is 529 g/mol. The van der Waals surface area contributed by atoms with Crippen LogP contribution in [-0.4, -0.2) is 16.8 Å². The number of rotatable bonds is 6. The molecule has 0 unspecified atom stereocenters. The largest absolute Gasteiger partial charge is 0.490 e. The van der Waals surface area contributed by atoms with Crippen molar-refractivity contribution in [1.29, 1.82) is 0 Å². The van der Waals surface area contributed by atoms with E-state index in [4.69, 9.17) is 21.7 Å². The van der Waals surface area contributed by atoms with Gasteiger partial charge in [-0.2, -0.15) is 0 Å². The Labute approximate surface area is 184 Å². The number of carbonyl (C=O) groups is 1. The molecule has 1 amide bonds. The van der Waals surface area contributed by atoms with Crippen LogP contribution in [0.1, 0.15) is 18.1 Å². The maximum atomic E-state index is 11.9. The van der Waals surface area contributed by atoms with Gasteiger partial charge in [0.05, 0.1) is 11.5 Å². The van der Waals surface area contributed by atoms with Gasteiger partial charge < -0.3 is 14.8 Å². The van der Waals surface area contributed by atoms with Gasteiger partial charge in [-0.15, -0.1) is 0 Å². The Morgan fingerprint density at radius 1 is 1.15 bits per heavy atom. The van der Waals surface area contributed by atoms with Crippen LogP contribution in [0.2, 0.25) is 0 Å². The fourth-order valence-corrected chi connectivity index (χ4v) is 4.08. The maximum absolute atomic E-state index is 11.9. The van der Waals surface area contributed by atoms with Gasteiger partial charge in [-0.3, -0.25) is 4.79 Å². The third kappa shape index (κ3) is 5.34. The van der Waals surface area contributed by atoms with Crippen LogP contribution in [0.25, 0.3) is 6.08 Å². The minimum absolute atomic E-state index is 0.189. The molecule has 8 heteroatoms. The highest BCUT2D eigenvalue weighted by atomic mass is 79.9. The lowest BCUT2D eigenvalue weighted by atomic mass is 10.1. The Morgan fingerprint density at radius 2 is 1.85 bits per heavy atom. The van der Waals surface area contributed by atoms with Gasteiger partial charge in [-0.1, -0.05) is 68.0 Å². The van der Waals surface area contributed by atoms with Gasteiger partial charge >= 0.3 is 0 Å². The van der Waals surface area contributed by atoms with Crippen LogP contribution in [0.3, 0.4) is 0 Å². The first-order valence-corrected chi connectivity index (χ1v) is 10.9. The number of halogens is 2. The lowest BCUT2D eigenvalue weighted by molar-refractivity contribution is -0.115. The number of nitrogens with one attached hydrogen (secondary N) is 1. The van der Waals surface area contributed by atoms with Crippen molar-refractivity contribution in [3.8, 4) is 11.5 Å². The van der Waals surface area contributed by atoms with Crippen molar-refractivity contribution < 1.29 is 14.3 Å². The minimum Gasteiger partial charge on any atom is -0.490 e. The van der Waals surface area contributed by atoms with Crippen LogP contribution in [0.4, 0.5) is 0 Å². The summed E-state index contributed by atoms with van der Waals surface area (Å²) in [7, 11) is 0. The van der Waals surface area contributed by atoms with Crippen molar-refractivity contribution in [1.82, 2.24) is 5.32 Å². The summed E-state index contributed by atoms with van der Waals surface area (Å²) in [6.07, 6.45) is 1.78. The molecule has 0 radical (unpaired) electrons. The van der Waals surface area contributed by atoms with E-state index in [1.807, 2.05) is 43.3 Å². The van der Waals surface area contributed by atoms with Gasteiger partial charge in [-0.05, 0) is 48.4 Å². The average Bonchev–Trinajstić information content (AvgIpc) is 2.95. The molecule has 1 saturated heterocycles. The monoisotopic (exact) mass is 527 g/mol. The van der Waals surface area contributed by atoms with Crippen molar-refractivity contribution in [3.05, 3.63) is 61.4 Å². The topological polar surface area (TPSA) is 47.6 Å². The molecule has 2 aromatic rings. The highest BCUT2D eigenvalue weighted by molar-refractivity contribution is 9.10. The smallest absolute Gasteiger partial charge is 0.263 e. The summed E-state index contributed by atoms with van der Waals surface area (Å²) in [6, 6.07) is 11.6. The summed E-state index contributed by atoms with van der Waals surface area (Å²) in [6.45, 7) is 2.84. The predicted octanol–water partition coefficient (Wildman–Crippen LogP) is 5.68. The summed E-state index contributed by atoms with van der Waals surface area (Å²) in [5.41, 5.74) is 1.87. The number of hydrogen-bond acceptors (Lipinski definition) is 5. The Kier molecular flexibility index (Phi) is 6.97. The third-order valence-electron chi connectivity index (χ3n) is 3.60. The van der Waals surface area contributed by atoms with Gasteiger partial charge in [0.15, 0.2) is 11.5 Å². The van der Waals surface area contributed by atoms with Crippen molar-refractivity contribution in [2.75, 3.05) is 6.61 Å². The van der Waals surface area contributed by atoms with Crippen molar-refractivity contribution in [2.24, 2.45) is 0 Å². The standard InChI is InChI=1S/C19H15Br2NO3S2/c1-2-24-15-7-12(8-17-18(23)22-19(26)27-17)14(21)9-16(15)25-10-11-3-5-13(20)6-4-11/h3-9H,2,10H2,1H3,(H,22,23,26)/b17-8+. The van der Waals surface area contributed by atoms with E-state index in [2.05, 4.69) is 37.2 Å². The number of carbonyl (C=O) groups excluding carboxylic acids is 1. The summed E-state index contributed by atoms with van der Waals surface area (Å²) in [4.78, 5) is 12.4. The molecule has 4 nitrogen and oxygen atoms in total. The van der Waals surface area contributed by atoms with Gasteiger partial charge in [0.2, 0.25) is 0 Å². The minimum atomic E-state index is -0.189. The molecule has 0 aromatic heterocycles. The van der Waals surface area contributed by atoms with E-state index >= 15 is 0 Å². The number of hydrogen-bond donors (Lipinski definition) is 1. The highest BCUT2D eigenvalue weighted by Gasteiger charge is 2.22. The van der Waals surface area contributed by atoms with Crippen molar-refractivity contribution in [2.45, 2.75) is 13.5 Å².